The van der Waals surface area contributed by atoms with Crippen LogP contribution in [0.15, 0.2) is 0 Å². The van der Waals surface area contributed by atoms with Gasteiger partial charge in [-0.1, -0.05) is 0 Å². The van der Waals surface area contributed by atoms with Crippen LogP contribution in [-0.2, 0) is 20.3 Å². The zero-order valence-corrected chi connectivity index (χ0v) is 5.26. The number of hydrogen-bond acceptors (Lipinski definition) is 3. The molecule has 0 spiro atoms. The number of carboxylic acid groups (broad SMARTS) is 1. The average Bonchev–Trinajstić information content (AvgIpc) is 1.63. The van der Waals surface area contributed by atoms with Crippen molar-refractivity contribution < 1.29 is 22.8 Å². The van der Waals surface area contributed by atoms with Gasteiger partial charge in [0.1, 0.15) is 0 Å². The van der Waals surface area contributed by atoms with Crippen LogP contribution in [0.2, 0.25) is 0 Å². The Balaban J connectivity index is 3.10. The molecule has 5 nitrogen and oxygen atoms in total. The fourth-order valence-electron chi connectivity index (χ4n) is 0.200. The molecule has 0 amide bonds. The average molecular weight is 154 g/mol. The minimum Gasteiger partial charge on any atom is -0.481 e. The molecule has 0 radical (unpaired) electrons. The van der Waals surface area contributed by atoms with E-state index >= 15 is 0 Å². The van der Waals surface area contributed by atoms with E-state index in [4.69, 9.17) is 9.66 Å². The largest absolute Gasteiger partial charge is 0.481 e. The van der Waals surface area contributed by atoms with Crippen molar-refractivity contribution in [2.45, 2.75) is 6.42 Å². The molecule has 9 heavy (non-hydrogen) atoms. The van der Waals surface area contributed by atoms with Crippen molar-refractivity contribution in [1.82, 2.24) is 0 Å². The minimum atomic E-state index is -2.35. The Kier molecular flexibility index (Phi) is 4.20. The Morgan fingerprint density at radius 3 is 2.56 bits per heavy atom. The predicted molar refractivity (Wildman–Crippen MR) is 29.0 cm³/mol. The summed E-state index contributed by atoms with van der Waals surface area (Å²) in [7, 11) is 0. The zero-order chi connectivity index (χ0) is 7.28. The van der Waals surface area contributed by atoms with Gasteiger partial charge < -0.3 is 5.11 Å². The zero-order valence-electron chi connectivity index (χ0n) is 4.44. The molecule has 0 heterocycles. The molecule has 0 aliphatic carbocycles. The summed E-state index contributed by atoms with van der Waals surface area (Å²) in [5, 5.41) is 7.97. The number of carbonyl (C=O) groups is 1. The molecule has 2 N–H and O–H groups in total. The molecular weight excluding hydrogens is 148 g/mol. The molecule has 6 heteroatoms. The second-order valence-corrected chi connectivity index (χ2v) is 1.85. The standard InChI is InChI=1S/C3H6O5S/c4-3(5)1-2-8-9(6)7/h1-2H2,(H,4,5)(H,6,7). The molecule has 0 rings (SSSR count). The maximum Gasteiger partial charge on any atom is 0.305 e. The fraction of sp³-hybridized carbons (Fsp3) is 0.667. The second kappa shape index (κ2) is 4.42. The lowest BCUT2D eigenvalue weighted by Gasteiger charge is -1.91. The topological polar surface area (TPSA) is 83.8 Å². The van der Waals surface area contributed by atoms with E-state index < -0.39 is 17.3 Å². The Morgan fingerprint density at radius 2 is 2.22 bits per heavy atom. The van der Waals surface area contributed by atoms with E-state index in [2.05, 4.69) is 4.18 Å². The highest BCUT2D eigenvalue weighted by molar-refractivity contribution is 7.74. The third kappa shape index (κ3) is 7.54. The van der Waals surface area contributed by atoms with Crippen LogP contribution in [0, 0.1) is 0 Å². The van der Waals surface area contributed by atoms with Crippen molar-refractivity contribution >= 4 is 17.3 Å². The quantitative estimate of drug-likeness (QED) is 0.539. The molecule has 0 aromatic carbocycles. The summed E-state index contributed by atoms with van der Waals surface area (Å²) in [6.07, 6.45) is -0.258. The van der Waals surface area contributed by atoms with Crippen LogP contribution in [0.3, 0.4) is 0 Å². The lowest BCUT2D eigenvalue weighted by Crippen LogP contribution is -2.03. The van der Waals surface area contributed by atoms with Crippen LogP contribution in [0.25, 0.3) is 0 Å². The Hall–Kier alpha value is -0.460. The van der Waals surface area contributed by atoms with Gasteiger partial charge in [-0.25, -0.2) is 0 Å². The highest BCUT2D eigenvalue weighted by atomic mass is 32.2. The van der Waals surface area contributed by atoms with Crippen LogP contribution in [-0.4, -0.2) is 26.4 Å². The van der Waals surface area contributed by atoms with Crippen molar-refractivity contribution in [3.8, 4) is 0 Å². The monoisotopic (exact) mass is 154 g/mol. The summed E-state index contributed by atoms with van der Waals surface area (Å²) in [5.74, 6) is -1.06. The SMILES string of the molecule is O=C(O)CCOS(=O)O. The molecular formula is C3H6O5S. The number of rotatable bonds is 4. The van der Waals surface area contributed by atoms with E-state index in [1.807, 2.05) is 0 Å². The minimum absolute atomic E-state index is 0.238. The van der Waals surface area contributed by atoms with Gasteiger partial charge in [0.05, 0.1) is 13.0 Å². The van der Waals surface area contributed by atoms with Gasteiger partial charge in [-0.3, -0.25) is 13.5 Å². The summed E-state index contributed by atoms with van der Waals surface area (Å²) in [5.41, 5.74) is 0. The summed E-state index contributed by atoms with van der Waals surface area (Å²) < 4.78 is 21.6. The molecule has 0 aliphatic rings. The van der Waals surface area contributed by atoms with E-state index in [1.54, 1.807) is 0 Å². The van der Waals surface area contributed by atoms with Gasteiger partial charge in [0, 0.05) is 0 Å². The molecule has 54 valence electrons. The molecule has 0 aromatic heterocycles. The van der Waals surface area contributed by atoms with Gasteiger partial charge in [-0.2, -0.15) is 4.21 Å². The van der Waals surface area contributed by atoms with Crippen molar-refractivity contribution in [3.63, 3.8) is 0 Å². The van der Waals surface area contributed by atoms with Crippen LogP contribution in [0.4, 0.5) is 0 Å². The smallest absolute Gasteiger partial charge is 0.305 e. The molecule has 0 saturated heterocycles. The summed E-state index contributed by atoms with van der Waals surface area (Å²) >= 11 is -2.35. The summed E-state index contributed by atoms with van der Waals surface area (Å²) in [4.78, 5) is 9.72. The third-order valence-electron chi connectivity index (χ3n) is 0.500. The molecule has 1 atom stereocenters. The number of hydrogen-bond donors (Lipinski definition) is 2. The van der Waals surface area contributed by atoms with Gasteiger partial charge in [0.15, 0.2) is 0 Å². The van der Waals surface area contributed by atoms with E-state index in [1.165, 1.54) is 0 Å². The van der Waals surface area contributed by atoms with E-state index in [0.717, 1.165) is 0 Å². The Morgan fingerprint density at radius 1 is 1.67 bits per heavy atom. The second-order valence-electron chi connectivity index (χ2n) is 1.18. The highest BCUT2D eigenvalue weighted by Crippen LogP contribution is 1.83. The van der Waals surface area contributed by atoms with Crippen molar-refractivity contribution in [2.24, 2.45) is 0 Å². The Labute approximate surface area is 54.1 Å². The molecule has 0 bridgehead atoms. The number of carboxylic acids is 1. The van der Waals surface area contributed by atoms with E-state index in [0.29, 0.717) is 0 Å². The first-order valence-corrected chi connectivity index (χ1v) is 3.12. The van der Waals surface area contributed by atoms with Gasteiger partial charge in [0.25, 0.3) is 0 Å². The first-order valence-electron chi connectivity index (χ1n) is 2.09. The lowest BCUT2D eigenvalue weighted by atomic mass is 10.5. The molecule has 0 saturated carbocycles. The fourth-order valence-corrected chi connectivity index (χ4v) is 0.426. The first-order chi connectivity index (χ1) is 4.13. The van der Waals surface area contributed by atoms with Gasteiger partial charge in [-0.05, 0) is 0 Å². The first kappa shape index (κ1) is 8.54. The lowest BCUT2D eigenvalue weighted by molar-refractivity contribution is -0.137. The summed E-state index contributed by atoms with van der Waals surface area (Å²) in [6.45, 7) is -0.238. The van der Waals surface area contributed by atoms with Crippen molar-refractivity contribution in [3.05, 3.63) is 0 Å². The molecule has 0 aliphatic heterocycles. The predicted octanol–water partition coefficient (Wildman–Crippen LogP) is -0.386. The van der Waals surface area contributed by atoms with Crippen molar-refractivity contribution in [1.29, 1.82) is 0 Å². The normalized spacial score (nSPS) is 13.0. The van der Waals surface area contributed by atoms with Crippen molar-refractivity contribution in [2.75, 3.05) is 6.61 Å². The van der Waals surface area contributed by atoms with E-state index in [-0.39, 0.29) is 13.0 Å². The number of aliphatic carboxylic acids is 1. The summed E-state index contributed by atoms with van der Waals surface area (Å²) in [6, 6.07) is 0. The maximum atomic E-state index is 9.72. The van der Waals surface area contributed by atoms with Gasteiger partial charge in [-0.15, -0.1) is 0 Å². The van der Waals surface area contributed by atoms with Crippen LogP contribution in [0.1, 0.15) is 6.42 Å². The Bertz CT molecular complexity index is 107. The van der Waals surface area contributed by atoms with E-state index in [9.17, 15) is 9.00 Å². The molecule has 0 fully saturated rings. The maximum absolute atomic E-state index is 9.72. The van der Waals surface area contributed by atoms with Crippen LogP contribution < -0.4 is 0 Å². The molecule has 1 unspecified atom stereocenters. The highest BCUT2D eigenvalue weighted by Gasteiger charge is 1.97. The van der Waals surface area contributed by atoms with Gasteiger partial charge >= 0.3 is 17.3 Å². The third-order valence-corrected chi connectivity index (χ3v) is 0.868. The van der Waals surface area contributed by atoms with Gasteiger partial charge in [0.2, 0.25) is 0 Å². The molecule has 0 aromatic rings. The van der Waals surface area contributed by atoms with Crippen LogP contribution in [0.5, 0.6) is 0 Å². The van der Waals surface area contributed by atoms with Crippen LogP contribution >= 0.6 is 0 Å².